The highest BCUT2D eigenvalue weighted by atomic mass is 35.5. The molecule has 0 atom stereocenters. The van der Waals surface area contributed by atoms with Gasteiger partial charge in [0, 0.05) is 21.6 Å². The standard InChI is InChI=1S/C17H13ClN2O3/c1-23-17(22)11-3-2-4-13(7-11)19-16(21)15-8-10-5-6-12(18)9-14(10)20-15/h2-9,20H,1H3,(H,19,21). The number of esters is 1. The number of anilines is 1. The molecule has 0 bridgehead atoms. The number of H-pyrrole nitrogens is 1. The van der Waals surface area contributed by atoms with E-state index < -0.39 is 5.97 Å². The molecule has 0 spiro atoms. The summed E-state index contributed by atoms with van der Waals surface area (Å²) in [5, 5.41) is 4.23. The number of hydrogen-bond donors (Lipinski definition) is 2. The molecule has 1 heterocycles. The Balaban J connectivity index is 1.84. The predicted molar refractivity (Wildman–Crippen MR) is 89.0 cm³/mol. The van der Waals surface area contributed by atoms with E-state index in [1.54, 1.807) is 42.5 Å². The molecule has 1 aromatic heterocycles. The molecule has 116 valence electrons. The van der Waals surface area contributed by atoms with Crippen LogP contribution in [-0.4, -0.2) is 24.0 Å². The van der Waals surface area contributed by atoms with Crippen molar-refractivity contribution in [1.82, 2.24) is 4.98 Å². The number of hydrogen-bond acceptors (Lipinski definition) is 3. The van der Waals surface area contributed by atoms with Gasteiger partial charge in [-0.25, -0.2) is 4.79 Å². The number of benzene rings is 2. The van der Waals surface area contributed by atoms with Gasteiger partial charge in [0.05, 0.1) is 12.7 Å². The maximum atomic E-state index is 12.3. The summed E-state index contributed by atoms with van der Waals surface area (Å²) in [4.78, 5) is 26.9. The molecule has 2 N–H and O–H groups in total. The molecule has 0 unspecified atom stereocenters. The second-order valence-electron chi connectivity index (χ2n) is 4.94. The molecule has 0 radical (unpaired) electrons. The SMILES string of the molecule is COC(=O)c1cccc(NC(=O)c2cc3ccc(Cl)cc3[nH]2)c1. The Kier molecular flexibility index (Phi) is 4.04. The van der Waals surface area contributed by atoms with Gasteiger partial charge in [0.15, 0.2) is 0 Å². The van der Waals surface area contributed by atoms with Gasteiger partial charge in [-0.3, -0.25) is 4.79 Å². The highest BCUT2D eigenvalue weighted by Gasteiger charge is 2.12. The second-order valence-corrected chi connectivity index (χ2v) is 5.38. The number of fused-ring (bicyclic) bond motifs is 1. The van der Waals surface area contributed by atoms with Crippen LogP contribution in [0.5, 0.6) is 0 Å². The van der Waals surface area contributed by atoms with E-state index in [0.29, 0.717) is 22.0 Å². The Morgan fingerprint density at radius 3 is 2.74 bits per heavy atom. The summed E-state index contributed by atoms with van der Waals surface area (Å²) in [6.45, 7) is 0. The Labute approximate surface area is 137 Å². The van der Waals surface area contributed by atoms with Gasteiger partial charge in [0.2, 0.25) is 0 Å². The third-order valence-corrected chi connectivity index (χ3v) is 3.61. The number of aromatic amines is 1. The van der Waals surface area contributed by atoms with Crippen LogP contribution in [0.3, 0.4) is 0 Å². The molecule has 2 aromatic carbocycles. The van der Waals surface area contributed by atoms with Crippen molar-refractivity contribution in [2.45, 2.75) is 0 Å². The molecular formula is C17H13ClN2O3. The zero-order valence-electron chi connectivity index (χ0n) is 12.2. The van der Waals surface area contributed by atoms with Crippen LogP contribution in [0.4, 0.5) is 5.69 Å². The number of amides is 1. The van der Waals surface area contributed by atoms with E-state index in [2.05, 4.69) is 15.0 Å². The number of halogens is 1. The molecular weight excluding hydrogens is 316 g/mol. The Morgan fingerprint density at radius 1 is 1.13 bits per heavy atom. The van der Waals surface area contributed by atoms with Crippen LogP contribution in [-0.2, 0) is 4.74 Å². The van der Waals surface area contributed by atoms with E-state index in [-0.39, 0.29) is 5.91 Å². The number of rotatable bonds is 3. The zero-order chi connectivity index (χ0) is 16.4. The van der Waals surface area contributed by atoms with E-state index in [4.69, 9.17) is 11.6 Å². The Morgan fingerprint density at radius 2 is 1.96 bits per heavy atom. The van der Waals surface area contributed by atoms with Crippen molar-refractivity contribution < 1.29 is 14.3 Å². The van der Waals surface area contributed by atoms with Gasteiger partial charge in [0.1, 0.15) is 5.69 Å². The summed E-state index contributed by atoms with van der Waals surface area (Å²) in [5.41, 5.74) is 2.07. The molecule has 1 amide bonds. The Hall–Kier alpha value is -2.79. The highest BCUT2D eigenvalue weighted by molar-refractivity contribution is 6.31. The Bertz CT molecular complexity index is 902. The van der Waals surface area contributed by atoms with Gasteiger partial charge in [-0.1, -0.05) is 23.7 Å². The van der Waals surface area contributed by atoms with Crippen molar-refractivity contribution in [3.8, 4) is 0 Å². The largest absolute Gasteiger partial charge is 0.465 e. The number of carbonyl (C=O) groups excluding carboxylic acids is 2. The van der Waals surface area contributed by atoms with E-state index in [1.165, 1.54) is 7.11 Å². The van der Waals surface area contributed by atoms with Crippen LogP contribution in [0.2, 0.25) is 5.02 Å². The van der Waals surface area contributed by atoms with E-state index in [0.717, 1.165) is 10.9 Å². The van der Waals surface area contributed by atoms with E-state index >= 15 is 0 Å². The van der Waals surface area contributed by atoms with Gasteiger partial charge < -0.3 is 15.0 Å². The lowest BCUT2D eigenvalue weighted by atomic mass is 10.2. The molecule has 6 heteroatoms. The molecule has 0 saturated heterocycles. The smallest absolute Gasteiger partial charge is 0.337 e. The molecule has 23 heavy (non-hydrogen) atoms. The lowest BCUT2D eigenvalue weighted by molar-refractivity contribution is 0.0600. The molecule has 0 aliphatic rings. The first-order chi connectivity index (χ1) is 11.1. The lowest BCUT2D eigenvalue weighted by Gasteiger charge is -2.05. The summed E-state index contributed by atoms with van der Waals surface area (Å²) in [5.74, 6) is -0.763. The fraction of sp³-hybridized carbons (Fsp3) is 0.0588. The fourth-order valence-electron chi connectivity index (χ4n) is 2.26. The van der Waals surface area contributed by atoms with Crippen LogP contribution in [0.1, 0.15) is 20.8 Å². The van der Waals surface area contributed by atoms with Gasteiger partial charge in [-0.05, 0) is 36.4 Å². The normalized spacial score (nSPS) is 10.5. The van der Waals surface area contributed by atoms with Crippen molar-refractivity contribution in [1.29, 1.82) is 0 Å². The second kappa shape index (κ2) is 6.14. The lowest BCUT2D eigenvalue weighted by Crippen LogP contribution is -2.12. The maximum absolute atomic E-state index is 12.3. The van der Waals surface area contributed by atoms with Crippen molar-refractivity contribution >= 4 is 40.1 Å². The van der Waals surface area contributed by atoms with Crippen molar-refractivity contribution in [3.63, 3.8) is 0 Å². The van der Waals surface area contributed by atoms with E-state index in [1.807, 2.05) is 6.07 Å². The summed E-state index contributed by atoms with van der Waals surface area (Å²) in [6.07, 6.45) is 0. The molecule has 0 aliphatic heterocycles. The average Bonchev–Trinajstić information content (AvgIpc) is 2.97. The van der Waals surface area contributed by atoms with E-state index in [9.17, 15) is 9.59 Å². The summed E-state index contributed by atoms with van der Waals surface area (Å²) < 4.78 is 4.66. The summed E-state index contributed by atoms with van der Waals surface area (Å²) in [6, 6.07) is 13.6. The van der Waals surface area contributed by atoms with Crippen LogP contribution in [0.25, 0.3) is 10.9 Å². The minimum Gasteiger partial charge on any atom is -0.465 e. The van der Waals surface area contributed by atoms with Crippen molar-refractivity contribution in [3.05, 3.63) is 64.8 Å². The molecule has 3 rings (SSSR count). The van der Waals surface area contributed by atoms with Gasteiger partial charge in [-0.15, -0.1) is 0 Å². The minimum atomic E-state index is -0.457. The average molecular weight is 329 g/mol. The fourth-order valence-corrected chi connectivity index (χ4v) is 2.43. The van der Waals surface area contributed by atoms with Crippen molar-refractivity contribution in [2.75, 3.05) is 12.4 Å². The molecule has 0 saturated carbocycles. The summed E-state index contributed by atoms with van der Waals surface area (Å²) >= 11 is 5.93. The van der Waals surface area contributed by atoms with Gasteiger partial charge in [-0.2, -0.15) is 0 Å². The number of nitrogens with one attached hydrogen (secondary N) is 2. The highest BCUT2D eigenvalue weighted by Crippen LogP contribution is 2.21. The maximum Gasteiger partial charge on any atom is 0.337 e. The zero-order valence-corrected chi connectivity index (χ0v) is 13.0. The first kappa shape index (κ1) is 15.1. The van der Waals surface area contributed by atoms with Gasteiger partial charge >= 0.3 is 5.97 Å². The molecule has 5 nitrogen and oxygen atoms in total. The molecule has 0 fully saturated rings. The molecule has 0 aliphatic carbocycles. The number of methoxy groups -OCH3 is 1. The monoisotopic (exact) mass is 328 g/mol. The number of ether oxygens (including phenoxy) is 1. The third kappa shape index (κ3) is 3.19. The predicted octanol–water partition coefficient (Wildman–Crippen LogP) is 3.86. The number of aromatic nitrogens is 1. The third-order valence-electron chi connectivity index (χ3n) is 3.37. The first-order valence-electron chi connectivity index (χ1n) is 6.85. The topological polar surface area (TPSA) is 71.2 Å². The molecule has 3 aromatic rings. The first-order valence-corrected chi connectivity index (χ1v) is 7.22. The van der Waals surface area contributed by atoms with Gasteiger partial charge in [0.25, 0.3) is 5.91 Å². The quantitative estimate of drug-likeness (QED) is 0.717. The summed E-state index contributed by atoms with van der Waals surface area (Å²) in [7, 11) is 1.31. The number of carbonyl (C=O) groups is 2. The van der Waals surface area contributed by atoms with Crippen LogP contribution >= 0.6 is 11.6 Å². The van der Waals surface area contributed by atoms with Crippen LogP contribution in [0, 0.1) is 0 Å². The minimum absolute atomic E-state index is 0.306. The van der Waals surface area contributed by atoms with Crippen LogP contribution in [0.15, 0.2) is 48.5 Å². The van der Waals surface area contributed by atoms with Crippen molar-refractivity contribution in [2.24, 2.45) is 0 Å². The van der Waals surface area contributed by atoms with Crippen LogP contribution < -0.4 is 5.32 Å².